The zero-order chi connectivity index (χ0) is 10.6. The van der Waals surface area contributed by atoms with Crippen molar-refractivity contribution in [3.63, 3.8) is 0 Å². The predicted octanol–water partition coefficient (Wildman–Crippen LogP) is 2.11. The molecule has 0 aromatic rings. The Morgan fingerprint density at radius 1 is 1.36 bits per heavy atom. The van der Waals surface area contributed by atoms with Gasteiger partial charge in [0.15, 0.2) is 0 Å². The van der Waals surface area contributed by atoms with Gasteiger partial charge in [0.1, 0.15) is 0 Å². The molecule has 2 nitrogen and oxygen atoms in total. The summed E-state index contributed by atoms with van der Waals surface area (Å²) in [5.41, 5.74) is 0.281. The number of nitrogens with one attached hydrogen (secondary N) is 1. The van der Waals surface area contributed by atoms with Crippen LogP contribution in [0.15, 0.2) is 0 Å². The minimum atomic E-state index is 0.281. The molecule has 0 aromatic heterocycles. The quantitative estimate of drug-likeness (QED) is 0.744. The summed E-state index contributed by atoms with van der Waals surface area (Å²) in [6.07, 6.45) is 2.74. The van der Waals surface area contributed by atoms with Crippen LogP contribution in [0.1, 0.15) is 40.5 Å². The standard InChI is InChI=1S/C12H26N2/c1-5-14-9-7-11(10-14)6-8-13-12(2,3)4/h11,13H,5-10H2,1-4H3. The third-order valence-corrected chi connectivity index (χ3v) is 3.03. The zero-order valence-corrected chi connectivity index (χ0v) is 10.3. The van der Waals surface area contributed by atoms with E-state index in [4.69, 9.17) is 0 Å². The maximum absolute atomic E-state index is 3.56. The van der Waals surface area contributed by atoms with Gasteiger partial charge in [-0.25, -0.2) is 0 Å². The molecular formula is C12H26N2. The zero-order valence-electron chi connectivity index (χ0n) is 10.3. The molecule has 0 spiro atoms. The molecule has 1 heterocycles. The van der Waals surface area contributed by atoms with Crippen LogP contribution in [0, 0.1) is 5.92 Å². The predicted molar refractivity (Wildman–Crippen MR) is 62.6 cm³/mol. The smallest absolute Gasteiger partial charge is 0.00965 e. The van der Waals surface area contributed by atoms with E-state index in [0.717, 1.165) is 5.92 Å². The number of hydrogen-bond donors (Lipinski definition) is 1. The molecule has 0 saturated carbocycles. The molecule has 1 fully saturated rings. The Kier molecular flexibility index (Phi) is 4.39. The molecule has 0 bridgehead atoms. The van der Waals surface area contributed by atoms with E-state index in [1.54, 1.807) is 0 Å². The van der Waals surface area contributed by atoms with Gasteiger partial charge in [-0.15, -0.1) is 0 Å². The van der Waals surface area contributed by atoms with Crippen molar-refractivity contribution >= 4 is 0 Å². The molecule has 1 atom stereocenters. The van der Waals surface area contributed by atoms with Gasteiger partial charge in [0.2, 0.25) is 0 Å². The highest BCUT2D eigenvalue weighted by Gasteiger charge is 2.20. The van der Waals surface area contributed by atoms with Crippen LogP contribution in [0.4, 0.5) is 0 Å². The van der Waals surface area contributed by atoms with Gasteiger partial charge in [0, 0.05) is 12.1 Å². The Balaban J connectivity index is 2.09. The van der Waals surface area contributed by atoms with Gasteiger partial charge in [-0.1, -0.05) is 6.92 Å². The van der Waals surface area contributed by atoms with Gasteiger partial charge < -0.3 is 10.2 Å². The highest BCUT2D eigenvalue weighted by molar-refractivity contribution is 4.77. The summed E-state index contributed by atoms with van der Waals surface area (Å²) in [5.74, 6) is 0.935. The fourth-order valence-electron chi connectivity index (χ4n) is 2.09. The summed E-state index contributed by atoms with van der Waals surface area (Å²) >= 11 is 0. The van der Waals surface area contributed by atoms with Crippen LogP contribution in [-0.4, -0.2) is 36.6 Å². The van der Waals surface area contributed by atoms with Crippen LogP contribution in [-0.2, 0) is 0 Å². The average molecular weight is 198 g/mol. The topological polar surface area (TPSA) is 15.3 Å². The fraction of sp³-hybridized carbons (Fsp3) is 1.00. The lowest BCUT2D eigenvalue weighted by Gasteiger charge is -2.21. The van der Waals surface area contributed by atoms with Crippen molar-refractivity contribution in [2.24, 2.45) is 5.92 Å². The van der Waals surface area contributed by atoms with E-state index in [2.05, 4.69) is 37.9 Å². The molecule has 2 heteroatoms. The average Bonchev–Trinajstić information content (AvgIpc) is 2.50. The van der Waals surface area contributed by atoms with Crippen molar-refractivity contribution in [3.05, 3.63) is 0 Å². The number of hydrogen-bond acceptors (Lipinski definition) is 2. The summed E-state index contributed by atoms with van der Waals surface area (Å²) in [7, 11) is 0. The van der Waals surface area contributed by atoms with Crippen molar-refractivity contribution < 1.29 is 0 Å². The van der Waals surface area contributed by atoms with Crippen LogP contribution >= 0.6 is 0 Å². The summed E-state index contributed by atoms with van der Waals surface area (Å²) in [6, 6.07) is 0. The molecule has 1 rings (SSSR count). The highest BCUT2D eigenvalue weighted by atomic mass is 15.1. The van der Waals surface area contributed by atoms with Gasteiger partial charge in [-0.2, -0.15) is 0 Å². The Labute approximate surface area is 89.1 Å². The van der Waals surface area contributed by atoms with E-state index in [1.165, 1.54) is 39.0 Å². The molecule has 14 heavy (non-hydrogen) atoms. The van der Waals surface area contributed by atoms with Crippen molar-refractivity contribution in [1.29, 1.82) is 0 Å². The monoisotopic (exact) mass is 198 g/mol. The van der Waals surface area contributed by atoms with Crippen molar-refractivity contribution in [3.8, 4) is 0 Å². The second kappa shape index (κ2) is 5.13. The van der Waals surface area contributed by atoms with Crippen molar-refractivity contribution in [2.75, 3.05) is 26.2 Å². The molecule has 1 aliphatic rings. The fourth-order valence-corrected chi connectivity index (χ4v) is 2.09. The van der Waals surface area contributed by atoms with Crippen LogP contribution in [0.25, 0.3) is 0 Å². The van der Waals surface area contributed by atoms with Crippen molar-refractivity contribution in [1.82, 2.24) is 10.2 Å². The number of nitrogens with zero attached hydrogens (tertiary/aromatic N) is 1. The van der Waals surface area contributed by atoms with Gasteiger partial charge >= 0.3 is 0 Å². The lowest BCUT2D eigenvalue weighted by atomic mass is 10.0. The lowest BCUT2D eigenvalue weighted by molar-refractivity contribution is 0.330. The third kappa shape index (κ3) is 4.43. The summed E-state index contributed by atoms with van der Waals surface area (Å²) in [6.45, 7) is 14.0. The number of rotatable bonds is 4. The van der Waals surface area contributed by atoms with Gasteiger partial charge in [0.25, 0.3) is 0 Å². The Bertz CT molecular complexity index is 160. The molecule has 1 N–H and O–H groups in total. The summed E-state index contributed by atoms with van der Waals surface area (Å²) in [5, 5.41) is 3.56. The van der Waals surface area contributed by atoms with Crippen LogP contribution in [0.2, 0.25) is 0 Å². The van der Waals surface area contributed by atoms with E-state index in [1.807, 2.05) is 0 Å². The third-order valence-electron chi connectivity index (χ3n) is 3.03. The molecule has 84 valence electrons. The van der Waals surface area contributed by atoms with E-state index >= 15 is 0 Å². The van der Waals surface area contributed by atoms with Crippen LogP contribution in [0.3, 0.4) is 0 Å². The maximum Gasteiger partial charge on any atom is 0.00965 e. The van der Waals surface area contributed by atoms with Gasteiger partial charge in [0.05, 0.1) is 0 Å². The van der Waals surface area contributed by atoms with E-state index in [-0.39, 0.29) is 5.54 Å². The first kappa shape index (κ1) is 12.0. The van der Waals surface area contributed by atoms with Crippen LogP contribution < -0.4 is 5.32 Å². The largest absolute Gasteiger partial charge is 0.312 e. The van der Waals surface area contributed by atoms with E-state index in [9.17, 15) is 0 Å². The van der Waals surface area contributed by atoms with Crippen LogP contribution in [0.5, 0.6) is 0 Å². The van der Waals surface area contributed by atoms with Gasteiger partial charge in [-0.3, -0.25) is 0 Å². The summed E-state index contributed by atoms with van der Waals surface area (Å²) < 4.78 is 0. The number of likely N-dealkylation sites (tertiary alicyclic amines) is 1. The molecule has 0 radical (unpaired) electrons. The molecule has 1 unspecified atom stereocenters. The molecule has 1 saturated heterocycles. The second-order valence-corrected chi connectivity index (χ2v) is 5.51. The van der Waals surface area contributed by atoms with Crippen molar-refractivity contribution in [2.45, 2.75) is 46.1 Å². The first-order chi connectivity index (χ1) is 6.51. The first-order valence-electron chi connectivity index (χ1n) is 5.98. The SMILES string of the molecule is CCN1CCC(CCNC(C)(C)C)C1. The van der Waals surface area contributed by atoms with Gasteiger partial charge in [-0.05, 0) is 59.2 Å². The normalized spacial score (nSPS) is 24.4. The minimum absolute atomic E-state index is 0.281. The molecule has 1 aliphatic heterocycles. The first-order valence-corrected chi connectivity index (χ1v) is 5.98. The molecule has 0 aromatic carbocycles. The lowest BCUT2D eigenvalue weighted by Crippen LogP contribution is -2.37. The van der Waals surface area contributed by atoms with E-state index < -0.39 is 0 Å². The minimum Gasteiger partial charge on any atom is -0.312 e. The second-order valence-electron chi connectivity index (χ2n) is 5.51. The molecule has 0 amide bonds. The Morgan fingerprint density at radius 3 is 2.57 bits per heavy atom. The highest BCUT2D eigenvalue weighted by Crippen LogP contribution is 2.18. The summed E-state index contributed by atoms with van der Waals surface area (Å²) in [4.78, 5) is 2.56. The molecular weight excluding hydrogens is 172 g/mol. The molecule has 0 aliphatic carbocycles. The van der Waals surface area contributed by atoms with E-state index in [0.29, 0.717) is 0 Å². The maximum atomic E-state index is 3.56. The Morgan fingerprint density at radius 2 is 2.07 bits per heavy atom. The Hall–Kier alpha value is -0.0800.